The Bertz CT molecular complexity index is 1180. The third-order valence-electron chi connectivity index (χ3n) is 5.80. The third-order valence-corrected chi connectivity index (χ3v) is 6.79. The number of halogens is 3. The monoisotopic (exact) mass is 546 g/mol. The van der Waals surface area contributed by atoms with Gasteiger partial charge in [0.1, 0.15) is 11.8 Å². The van der Waals surface area contributed by atoms with Crippen LogP contribution >= 0.6 is 34.8 Å². The molecule has 0 spiro atoms. The number of hydrogen-bond donors (Lipinski definition) is 1. The summed E-state index contributed by atoms with van der Waals surface area (Å²) in [5, 5.41) is 4.28. The van der Waals surface area contributed by atoms with Gasteiger partial charge in [-0.05, 0) is 73.4 Å². The van der Waals surface area contributed by atoms with Crippen molar-refractivity contribution >= 4 is 46.6 Å². The lowest BCUT2D eigenvalue weighted by Gasteiger charge is -2.35. The predicted octanol–water partition coefficient (Wildman–Crippen LogP) is 6.88. The number of nitrogens with one attached hydrogen (secondary N) is 1. The van der Waals surface area contributed by atoms with Crippen LogP contribution in [0.15, 0.2) is 66.7 Å². The molecule has 1 N–H and O–H groups in total. The maximum absolute atomic E-state index is 13.6. The van der Waals surface area contributed by atoms with Gasteiger partial charge < -0.3 is 15.0 Å². The maximum atomic E-state index is 13.6. The fourth-order valence-electron chi connectivity index (χ4n) is 3.91. The number of carbonyl (C=O) groups is 2. The zero-order chi connectivity index (χ0) is 26.2. The number of hydrogen-bond acceptors (Lipinski definition) is 3. The first-order valence-corrected chi connectivity index (χ1v) is 12.7. The summed E-state index contributed by atoms with van der Waals surface area (Å²) in [6, 6.07) is 18.7. The average Bonchev–Trinajstić information content (AvgIpc) is 2.87. The van der Waals surface area contributed by atoms with E-state index in [-0.39, 0.29) is 24.3 Å². The van der Waals surface area contributed by atoms with Crippen molar-refractivity contribution in [2.24, 2.45) is 0 Å². The van der Waals surface area contributed by atoms with Gasteiger partial charge in [0.15, 0.2) is 0 Å². The zero-order valence-electron chi connectivity index (χ0n) is 20.4. The Hall–Kier alpha value is -2.73. The predicted molar refractivity (Wildman–Crippen MR) is 146 cm³/mol. The normalized spacial score (nSPS) is 11.8. The minimum absolute atomic E-state index is 0.140. The number of aryl methyl sites for hydroxylation is 1. The van der Waals surface area contributed by atoms with Gasteiger partial charge in [0.2, 0.25) is 11.8 Å². The average molecular weight is 548 g/mol. The highest BCUT2D eigenvalue weighted by Gasteiger charge is 2.33. The van der Waals surface area contributed by atoms with Crippen LogP contribution in [-0.4, -0.2) is 29.9 Å². The first-order chi connectivity index (χ1) is 17.2. The molecule has 0 fully saturated rings. The first-order valence-electron chi connectivity index (χ1n) is 11.6. The molecule has 2 amide bonds. The van der Waals surface area contributed by atoms with Crippen molar-refractivity contribution < 1.29 is 14.3 Å². The molecule has 0 aliphatic rings. The Morgan fingerprint density at radius 3 is 2.11 bits per heavy atom. The molecule has 3 aromatic rings. The topological polar surface area (TPSA) is 58.6 Å². The van der Waals surface area contributed by atoms with Crippen molar-refractivity contribution in [3.8, 4) is 5.75 Å². The molecule has 36 heavy (non-hydrogen) atoms. The molecule has 190 valence electrons. The summed E-state index contributed by atoms with van der Waals surface area (Å²) in [6.07, 6.45) is 0.777. The van der Waals surface area contributed by atoms with Gasteiger partial charge in [-0.1, -0.05) is 65.1 Å². The van der Waals surface area contributed by atoms with Gasteiger partial charge in [-0.2, -0.15) is 0 Å². The highest BCUT2D eigenvalue weighted by atomic mass is 35.5. The van der Waals surface area contributed by atoms with Crippen molar-refractivity contribution in [3.63, 3.8) is 0 Å². The smallest absolute Gasteiger partial charge is 0.247 e. The van der Waals surface area contributed by atoms with E-state index in [9.17, 15) is 9.59 Å². The van der Waals surface area contributed by atoms with Crippen molar-refractivity contribution in [1.82, 2.24) is 10.2 Å². The standard InChI is InChI=1S/C28H29Cl3N2O3/c1-18(2)33(26(34)15-8-19-6-12-23(36-3)13-7-19)27(21-9-14-24(30)25(31)16-21)28(35)32-17-20-4-10-22(29)11-5-20/h4-7,9-14,16,18,27H,8,15,17H2,1-3H3,(H,32,35). The van der Waals surface area contributed by atoms with E-state index < -0.39 is 6.04 Å². The van der Waals surface area contributed by atoms with Crippen molar-refractivity contribution in [1.29, 1.82) is 0 Å². The summed E-state index contributed by atoms with van der Waals surface area (Å²) < 4.78 is 5.20. The van der Waals surface area contributed by atoms with Crippen LogP contribution in [0.1, 0.15) is 43.0 Å². The molecule has 0 saturated heterocycles. The zero-order valence-corrected chi connectivity index (χ0v) is 22.7. The van der Waals surface area contributed by atoms with Crippen molar-refractivity contribution in [3.05, 3.63) is 98.5 Å². The van der Waals surface area contributed by atoms with Crippen LogP contribution in [-0.2, 0) is 22.6 Å². The van der Waals surface area contributed by atoms with Crippen molar-refractivity contribution in [2.45, 2.75) is 45.3 Å². The van der Waals surface area contributed by atoms with E-state index in [2.05, 4.69) is 5.32 Å². The molecule has 3 aromatic carbocycles. The SMILES string of the molecule is COc1ccc(CCC(=O)N(C(C)C)C(C(=O)NCc2ccc(Cl)cc2)c2ccc(Cl)c(Cl)c2)cc1. The second-order valence-electron chi connectivity index (χ2n) is 8.66. The Kier molecular flexibility index (Phi) is 10.1. The van der Waals surface area contributed by atoms with Gasteiger partial charge in [0.05, 0.1) is 17.2 Å². The summed E-state index contributed by atoms with van der Waals surface area (Å²) in [5.41, 5.74) is 2.48. The van der Waals surface area contributed by atoms with Gasteiger partial charge in [0, 0.05) is 24.0 Å². The second kappa shape index (κ2) is 13.0. The van der Waals surface area contributed by atoms with Gasteiger partial charge in [-0.3, -0.25) is 9.59 Å². The lowest BCUT2D eigenvalue weighted by Crippen LogP contribution is -2.47. The number of nitrogens with zero attached hydrogens (tertiary/aromatic N) is 1. The molecule has 0 bridgehead atoms. The highest BCUT2D eigenvalue weighted by Crippen LogP contribution is 2.31. The van der Waals surface area contributed by atoms with Crippen LogP contribution in [0.4, 0.5) is 0 Å². The minimum Gasteiger partial charge on any atom is -0.497 e. The quantitative estimate of drug-likeness (QED) is 0.301. The van der Waals surface area contributed by atoms with E-state index in [0.29, 0.717) is 33.6 Å². The summed E-state index contributed by atoms with van der Waals surface area (Å²) in [7, 11) is 1.61. The van der Waals surface area contributed by atoms with Crippen LogP contribution < -0.4 is 10.1 Å². The summed E-state index contributed by atoms with van der Waals surface area (Å²) in [6.45, 7) is 4.07. The molecule has 5 nitrogen and oxygen atoms in total. The Morgan fingerprint density at radius 1 is 0.889 bits per heavy atom. The molecule has 0 heterocycles. The maximum Gasteiger partial charge on any atom is 0.247 e. The molecule has 0 aliphatic heterocycles. The molecule has 3 rings (SSSR count). The fourth-order valence-corrected chi connectivity index (χ4v) is 4.34. The van der Waals surface area contributed by atoms with E-state index in [4.69, 9.17) is 39.5 Å². The highest BCUT2D eigenvalue weighted by molar-refractivity contribution is 6.42. The summed E-state index contributed by atoms with van der Waals surface area (Å²) in [5.74, 6) is 0.305. The molecule has 0 aromatic heterocycles. The summed E-state index contributed by atoms with van der Waals surface area (Å²) in [4.78, 5) is 28.7. The number of amides is 2. The number of methoxy groups -OCH3 is 1. The molecular weight excluding hydrogens is 519 g/mol. The van der Waals surface area contributed by atoms with E-state index in [1.807, 2.05) is 50.2 Å². The van der Waals surface area contributed by atoms with Crippen molar-refractivity contribution in [2.75, 3.05) is 7.11 Å². The number of benzene rings is 3. The van der Waals surface area contributed by atoms with E-state index >= 15 is 0 Å². The number of rotatable bonds is 10. The minimum atomic E-state index is -0.879. The first kappa shape index (κ1) is 27.9. The largest absolute Gasteiger partial charge is 0.497 e. The fraction of sp³-hybridized carbons (Fsp3) is 0.286. The number of carbonyl (C=O) groups excluding carboxylic acids is 2. The van der Waals surface area contributed by atoms with Gasteiger partial charge in [0.25, 0.3) is 0 Å². The lowest BCUT2D eigenvalue weighted by atomic mass is 10.0. The lowest BCUT2D eigenvalue weighted by molar-refractivity contribution is -0.143. The van der Waals surface area contributed by atoms with Gasteiger partial charge in [-0.15, -0.1) is 0 Å². The summed E-state index contributed by atoms with van der Waals surface area (Å²) >= 11 is 18.4. The molecule has 1 unspecified atom stereocenters. The number of ether oxygens (including phenoxy) is 1. The molecular formula is C28H29Cl3N2O3. The van der Waals surface area contributed by atoms with Gasteiger partial charge in [-0.25, -0.2) is 0 Å². The van der Waals surface area contributed by atoms with Crippen LogP contribution in [0, 0.1) is 0 Å². The van der Waals surface area contributed by atoms with Crippen LogP contribution in [0.25, 0.3) is 0 Å². The van der Waals surface area contributed by atoms with E-state index in [1.54, 1.807) is 42.3 Å². The second-order valence-corrected chi connectivity index (χ2v) is 9.91. The Morgan fingerprint density at radius 2 is 1.53 bits per heavy atom. The van der Waals surface area contributed by atoms with E-state index in [1.165, 1.54) is 0 Å². The van der Waals surface area contributed by atoms with Crippen LogP contribution in [0.5, 0.6) is 5.75 Å². The van der Waals surface area contributed by atoms with E-state index in [0.717, 1.165) is 16.9 Å². The molecule has 1 atom stereocenters. The van der Waals surface area contributed by atoms with Crippen LogP contribution in [0.3, 0.4) is 0 Å². The molecule has 0 saturated carbocycles. The third kappa shape index (κ3) is 7.39. The van der Waals surface area contributed by atoms with Crippen LogP contribution in [0.2, 0.25) is 15.1 Å². The molecule has 0 radical (unpaired) electrons. The Labute approximate surface area is 227 Å². The Balaban J connectivity index is 1.85. The molecule has 8 heteroatoms. The molecule has 0 aliphatic carbocycles. The van der Waals surface area contributed by atoms with Gasteiger partial charge >= 0.3 is 0 Å².